The summed E-state index contributed by atoms with van der Waals surface area (Å²) < 4.78 is 7.25. The van der Waals surface area contributed by atoms with Crippen molar-refractivity contribution in [3.05, 3.63) is 65.5 Å². The summed E-state index contributed by atoms with van der Waals surface area (Å²) in [6.45, 7) is 4.01. The van der Waals surface area contributed by atoms with Crippen LogP contribution in [0.15, 0.2) is 53.7 Å². The molecule has 162 valence electrons. The van der Waals surface area contributed by atoms with E-state index in [1.165, 1.54) is 24.2 Å². The van der Waals surface area contributed by atoms with Crippen LogP contribution in [0, 0.1) is 0 Å². The van der Waals surface area contributed by atoms with E-state index in [0.29, 0.717) is 35.3 Å². The van der Waals surface area contributed by atoms with E-state index >= 15 is 0 Å². The van der Waals surface area contributed by atoms with Gasteiger partial charge in [0.2, 0.25) is 5.91 Å². The van der Waals surface area contributed by atoms with Gasteiger partial charge < -0.3 is 10.1 Å². The van der Waals surface area contributed by atoms with Crippen LogP contribution in [-0.2, 0) is 17.6 Å². The lowest BCUT2D eigenvalue weighted by Gasteiger charge is -2.11. The third-order valence-electron chi connectivity index (χ3n) is 4.75. The minimum absolute atomic E-state index is 0.0349. The predicted octanol–water partition coefficient (Wildman–Crippen LogP) is 3.49. The SMILES string of the molecule is CCc1ccc(C(=O)CSc2nnc(CCNC(C)=O)n2-c2cccc(OC)c2)cc1. The first kappa shape index (κ1) is 22.6. The summed E-state index contributed by atoms with van der Waals surface area (Å²) in [7, 11) is 1.61. The van der Waals surface area contributed by atoms with Crippen molar-refractivity contribution in [2.24, 2.45) is 0 Å². The number of aryl methyl sites for hydroxylation is 1. The molecular weight excluding hydrogens is 412 g/mol. The molecule has 1 heterocycles. The number of rotatable bonds is 10. The fraction of sp³-hybridized carbons (Fsp3) is 0.304. The average Bonchev–Trinajstić information content (AvgIpc) is 3.20. The molecule has 0 bridgehead atoms. The fourth-order valence-corrected chi connectivity index (χ4v) is 3.92. The smallest absolute Gasteiger partial charge is 0.216 e. The molecule has 7 nitrogen and oxygen atoms in total. The van der Waals surface area contributed by atoms with Gasteiger partial charge in [-0.1, -0.05) is 49.0 Å². The normalized spacial score (nSPS) is 10.7. The van der Waals surface area contributed by atoms with E-state index in [2.05, 4.69) is 22.4 Å². The maximum Gasteiger partial charge on any atom is 0.216 e. The highest BCUT2D eigenvalue weighted by atomic mass is 32.2. The molecule has 0 saturated carbocycles. The minimum atomic E-state index is -0.0956. The van der Waals surface area contributed by atoms with Crippen molar-refractivity contribution >= 4 is 23.5 Å². The lowest BCUT2D eigenvalue weighted by Crippen LogP contribution is -2.23. The number of ketones is 1. The second-order valence-electron chi connectivity index (χ2n) is 6.93. The van der Waals surface area contributed by atoms with Crippen LogP contribution in [0.3, 0.4) is 0 Å². The van der Waals surface area contributed by atoms with Crippen LogP contribution >= 0.6 is 11.8 Å². The molecule has 3 aromatic rings. The number of carbonyl (C=O) groups excluding carboxylic acids is 2. The molecule has 0 fully saturated rings. The fourth-order valence-electron chi connectivity index (χ4n) is 3.05. The molecule has 0 saturated heterocycles. The molecule has 0 unspecified atom stereocenters. The van der Waals surface area contributed by atoms with E-state index < -0.39 is 0 Å². The highest BCUT2D eigenvalue weighted by Crippen LogP contribution is 2.25. The summed E-state index contributed by atoms with van der Waals surface area (Å²) in [5.41, 5.74) is 2.72. The number of amides is 1. The van der Waals surface area contributed by atoms with Crippen molar-refractivity contribution in [3.63, 3.8) is 0 Å². The van der Waals surface area contributed by atoms with Crippen molar-refractivity contribution in [1.82, 2.24) is 20.1 Å². The van der Waals surface area contributed by atoms with Gasteiger partial charge in [0, 0.05) is 31.5 Å². The minimum Gasteiger partial charge on any atom is -0.497 e. The van der Waals surface area contributed by atoms with Crippen molar-refractivity contribution < 1.29 is 14.3 Å². The number of ether oxygens (including phenoxy) is 1. The highest BCUT2D eigenvalue weighted by molar-refractivity contribution is 7.99. The Morgan fingerprint density at radius 3 is 2.58 bits per heavy atom. The van der Waals surface area contributed by atoms with Gasteiger partial charge in [0.1, 0.15) is 11.6 Å². The maximum absolute atomic E-state index is 12.7. The molecule has 0 radical (unpaired) electrons. The van der Waals surface area contributed by atoms with Crippen molar-refractivity contribution in [3.8, 4) is 11.4 Å². The van der Waals surface area contributed by atoms with Gasteiger partial charge in [-0.25, -0.2) is 0 Å². The number of nitrogens with zero attached hydrogens (tertiary/aromatic N) is 3. The van der Waals surface area contributed by atoms with Crippen LogP contribution < -0.4 is 10.1 Å². The molecular formula is C23H26N4O3S. The van der Waals surface area contributed by atoms with Crippen molar-refractivity contribution in [2.75, 3.05) is 19.4 Å². The molecule has 1 amide bonds. The number of nitrogens with one attached hydrogen (secondary N) is 1. The first-order chi connectivity index (χ1) is 15.0. The molecule has 2 aromatic carbocycles. The van der Waals surface area contributed by atoms with Gasteiger partial charge in [-0.05, 0) is 24.1 Å². The molecule has 0 aliphatic carbocycles. The molecule has 0 spiro atoms. The monoisotopic (exact) mass is 438 g/mol. The molecule has 1 N–H and O–H groups in total. The molecule has 3 rings (SSSR count). The van der Waals surface area contributed by atoms with Gasteiger partial charge in [-0.15, -0.1) is 10.2 Å². The van der Waals surface area contributed by atoms with Crippen LogP contribution in [0.5, 0.6) is 5.75 Å². The number of Topliss-reactive ketones (excluding diaryl/α,β-unsaturated/α-hetero) is 1. The van der Waals surface area contributed by atoms with Crippen LogP contribution in [0.1, 0.15) is 35.6 Å². The van der Waals surface area contributed by atoms with Gasteiger partial charge in [0.15, 0.2) is 10.9 Å². The number of hydrogen-bond donors (Lipinski definition) is 1. The number of thioether (sulfide) groups is 1. The van der Waals surface area contributed by atoms with E-state index in [0.717, 1.165) is 12.1 Å². The lowest BCUT2D eigenvalue weighted by molar-refractivity contribution is -0.118. The number of hydrogen-bond acceptors (Lipinski definition) is 6. The first-order valence-corrected chi connectivity index (χ1v) is 11.1. The Balaban J connectivity index is 1.81. The van der Waals surface area contributed by atoms with E-state index in [9.17, 15) is 9.59 Å². The van der Waals surface area contributed by atoms with Gasteiger partial charge >= 0.3 is 0 Å². The van der Waals surface area contributed by atoms with E-state index in [-0.39, 0.29) is 17.4 Å². The molecule has 1 aromatic heterocycles. The van der Waals surface area contributed by atoms with Crippen molar-refractivity contribution in [2.45, 2.75) is 31.8 Å². The molecule has 0 atom stereocenters. The Bertz CT molecular complexity index is 1050. The van der Waals surface area contributed by atoms with Gasteiger partial charge in [0.25, 0.3) is 0 Å². The van der Waals surface area contributed by atoms with Crippen molar-refractivity contribution in [1.29, 1.82) is 0 Å². The topological polar surface area (TPSA) is 86.1 Å². The Kier molecular flexibility index (Phi) is 7.83. The summed E-state index contributed by atoms with van der Waals surface area (Å²) in [5, 5.41) is 12.0. The maximum atomic E-state index is 12.7. The molecule has 0 aliphatic rings. The van der Waals surface area contributed by atoms with Crippen LogP contribution in [-0.4, -0.2) is 45.9 Å². The van der Waals surface area contributed by atoms with Gasteiger partial charge in [0.05, 0.1) is 18.6 Å². The number of aromatic nitrogens is 3. The highest BCUT2D eigenvalue weighted by Gasteiger charge is 2.17. The average molecular weight is 439 g/mol. The van der Waals surface area contributed by atoms with Crippen LogP contribution in [0.4, 0.5) is 0 Å². The summed E-state index contributed by atoms with van der Waals surface area (Å²) in [5.74, 6) is 1.60. The molecule has 0 aliphatic heterocycles. The van der Waals surface area contributed by atoms with Crippen LogP contribution in [0.2, 0.25) is 0 Å². The summed E-state index contributed by atoms with van der Waals surface area (Å²) in [6.07, 6.45) is 1.45. The van der Waals surface area contributed by atoms with Crippen LogP contribution in [0.25, 0.3) is 5.69 Å². The Hall–Kier alpha value is -3.13. The van der Waals surface area contributed by atoms with E-state index in [4.69, 9.17) is 4.74 Å². The summed E-state index contributed by atoms with van der Waals surface area (Å²) in [6, 6.07) is 15.3. The van der Waals surface area contributed by atoms with Gasteiger partial charge in [-0.2, -0.15) is 0 Å². The molecule has 31 heavy (non-hydrogen) atoms. The zero-order chi connectivity index (χ0) is 22.2. The Morgan fingerprint density at radius 2 is 1.90 bits per heavy atom. The lowest BCUT2D eigenvalue weighted by atomic mass is 10.1. The number of carbonyl (C=O) groups is 2. The number of methoxy groups -OCH3 is 1. The largest absolute Gasteiger partial charge is 0.497 e. The summed E-state index contributed by atoms with van der Waals surface area (Å²) >= 11 is 1.34. The molecule has 8 heteroatoms. The summed E-state index contributed by atoms with van der Waals surface area (Å²) in [4.78, 5) is 23.9. The predicted molar refractivity (Wildman–Crippen MR) is 121 cm³/mol. The third kappa shape index (κ3) is 5.95. The third-order valence-corrected chi connectivity index (χ3v) is 5.68. The zero-order valence-electron chi connectivity index (χ0n) is 17.9. The Morgan fingerprint density at radius 1 is 1.13 bits per heavy atom. The standard InChI is InChI=1S/C23H26N4O3S/c1-4-17-8-10-18(11-9-17)21(29)15-31-23-26-25-22(12-13-24-16(2)28)27(23)19-6-5-7-20(14-19)30-3/h5-11,14H,4,12-13,15H2,1-3H3,(H,24,28). The second-order valence-corrected chi connectivity index (χ2v) is 7.87. The zero-order valence-corrected chi connectivity index (χ0v) is 18.7. The van der Waals surface area contributed by atoms with E-state index in [1.807, 2.05) is 53.1 Å². The second kappa shape index (κ2) is 10.8. The Labute approximate surface area is 186 Å². The van der Waals surface area contributed by atoms with E-state index in [1.54, 1.807) is 7.11 Å². The van der Waals surface area contributed by atoms with Gasteiger partial charge in [-0.3, -0.25) is 14.2 Å². The quantitative estimate of drug-likeness (QED) is 0.385. The first-order valence-electron chi connectivity index (χ1n) is 10.1. The number of benzene rings is 2.